The number of benzene rings is 1. The second-order valence-electron chi connectivity index (χ2n) is 2.64. The first kappa shape index (κ1) is 11.5. The Bertz CT molecular complexity index is 338. The minimum Gasteiger partial charge on any atom is -0.293 e. The molecule has 1 aromatic rings. The third kappa shape index (κ3) is 2.95. The van der Waals surface area contributed by atoms with Crippen molar-refractivity contribution in [2.75, 3.05) is 0 Å². The van der Waals surface area contributed by atoms with Crippen molar-refractivity contribution in [3.63, 3.8) is 0 Å². The number of hydrogen-bond acceptors (Lipinski definition) is 2. The summed E-state index contributed by atoms with van der Waals surface area (Å²) in [5.41, 5.74) is 0.753. The van der Waals surface area contributed by atoms with Gasteiger partial charge in [0.2, 0.25) is 0 Å². The van der Waals surface area contributed by atoms with Crippen LogP contribution in [0.1, 0.15) is 17.3 Å². The first-order valence-electron chi connectivity index (χ1n) is 3.69. The molecule has 0 saturated carbocycles. The fourth-order valence-electron chi connectivity index (χ4n) is 0.918. The standard InChI is InChI=1S/C9H8BrIOS/c1-5(10)9(12)7-3-2-6(13)4-8(7)11/h2-5,13H,1H3. The van der Waals surface area contributed by atoms with E-state index in [0.29, 0.717) is 0 Å². The average molecular weight is 371 g/mol. The highest BCUT2D eigenvalue weighted by atomic mass is 127. The summed E-state index contributed by atoms with van der Waals surface area (Å²) in [6.45, 7) is 1.83. The summed E-state index contributed by atoms with van der Waals surface area (Å²) in [6, 6.07) is 5.52. The van der Waals surface area contributed by atoms with Crippen LogP contribution in [0.2, 0.25) is 0 Å². The average Bonchev–Trinajstić information content (AvgIpc) is 2.03. The van der Waals surface area contributed by atoms with Gasteiger partial charge in [-0.05, 0) is 47.7 Å². The first-order chi connectivity index (χ1) is 6.02. The van der Waals surface area contributed by atoms with Crippen molar-refractivity contribution in [3.8, 4) is 0 Å². The highest BCUT2D eigenvalue weighted by molar-refractivity contribution is 14.1. The number of rotatable bonds is 2. The van der Waals surface area contributed by atoms with Gasteiger partial charge < -0.3 is 0 Å². The molecular formula is C9H8BrIOS. The van der Waals surface area contributed by atoms with Gasteiger partial charge in [-0.2, -0.15) is 0 Å². The van der Waals surface area contributed by atoms with E-state index in [1.54, 1.807) is 0 Å². The van der Waals surface area contributed by atoms with Crippen molar-refractivity contribution in [1.29, 1.82) is 0 Å². The molecule has 0 amide bonds. The second kappa shape index (κ2) is 4.79. The molecule has 1 nitrogen and oxygen atoms in total. The summed E-state index contributed by atoms with van der Waals surface area (Å²) in [5.74, 6) is 0.109. The number of alkyl halides is 1. The molecule has 0 saturated heterocycles. The summed E-state index contributed by atoms with van der Waals surface area (Å²) >= 11 is 9.59. The summed E-state index contributed by atoms with van der Waals surface area (Å²) in [5, 5.41) is 0. The lowest BCUT2D eigenvalue weighted by atomic mass is 10.1. The Hall–Kier alpha value is 0.450. The van der Waals surface area contributed by atoms with Gasteiger partial charge in [0, 0.05) is 14.0 Å². The fraction of sp³-hybridized carbons (Fsp3) is 0.222. The zero-order chi connectivity index (χ0) is 10.0. The predicted molar refractivity (Wildman–Crippen MR) is 69.1 cm³/mol. The van der Waals surface area contributed by atoms with Crippen LogP contribution >= 0.6 is 51.1 Å². The van der Waals surface area contributed by atoms with E-state index < -0.39 is 0 Å². The Labute approximate surface area is 105 Å². The van der Waals surface area contributed by atoms with Gasteiger partial charge in [0.05, 0.1) is 4.83 Å². The number of Topliss-reactive ketones (excluding diaryl/α,β-unsaturated/α-hetero) is 1. The largest absolute Gasteiger partial charge is 0.293 e. The molecule has 0 N–H and O–H groups in total. The highest BCUT2D eigenvalue weighted by Crippen LogP contribution is 2.19. The molecule has 13 heavy (non-hydrogen) atoms. The molecule has 0 radical (unpaired) electrons. The van der Waals surface area contributed by atoms with Crippen LogP contribution in [0.25, 0.3) is 0 Å². The van der Waals surface area contributed by atoms with Gasteiger partial charge in [0.25, 0.3) is 0 Å². The number of thiol groups is 1. The molecule has 0 spiro atoms. The zero-order valence-corrected chi connectivity index (χ0v) is 11.6. The van der Waals surface area contributed by atoms with Crippen LogP contribution in [0.4, 0.5) is 0 Å². The van der Waals surface area contributed by atoms with E-state index in [1.807, 2.05) is 25.1 Å². The Balaban J connectivity index is 3.09. The Morgan fingerprint density at radius 3 is 2.69 bits per heavy atom. The fourth-order valence-corrected chi connectivity index (χ4v) is 2.40. The van der Waals surface area contributed by atoms with Crippen LogP contribution in [-0.2, 0) is 0 Å². The van der Waals surface area contributed by atoms with Crippen LogP contribution in [0.15, 0.2) is 23.1 Å². The Morgan fingerprint density at radius 1 is 1.62 bits per heavy atom. The molecule has 1 unspecified atom stereocenters. The van der Waals surface area contributed by atoms with Crippen LogP contribution in [-0.4, -0.2) is 10.6 Å². The monoisotopic (exact) mass is 370 g/mol. The van der Waals surface area contributed by atoms with Gasteiger partial charge >= 0.3 is 0 Å². The molecule has 0 heterocycles. The molecule has 0 aliphatic heterocycles. The van der Waals surface area contributed by atoms with Crippen molar-refractivity contribution in [3.05, 3.63) is 27.3 Å². The lowest BCUT2D eigenvalue weighted by molar-refractivity contribution is 0.0995. The molecular weight excluding hydrogens is 363 g/mol. The van der Waals surface area contributed by atoms with Crippen molar-refractivity contribution in [2.45, 2.75) is 16.6 Å². The molecule has 70 valence electrons. The van der Waals surface area contributed by atoms with Gasteiger partial charge in [0.15, 0.2) is 5.78 Å². The van der Waals surface area contributed by atoms with Crippen molar-refractivity contribution < 1.29 is 4.79 Å². The molecule has 1 rings (SSSR count). The van der Waals surface area contributed by atoms with Crippen LogP contribution in [0, 0.1) is 3.57 Å². The third-order valence-corrected chi connectivity index (χ3v) is 3.17. The van der Waals surface area contributed by atoms with Gasteiger partial charge in [-0.15, -0.1) is 12.6 Å². The van der Waals surface area contributed by atoms with Crippen molar-refractivity contribution >= 4 is 56.9 Å². The number of ketones is 1. The van der Waals surface area contributed by atoms with Gasteiger partial charge in [0.1, 0.15) is 0 Å². The molecule has 4 heteroatoms. The minimum atomic E-state index is -0.133. The number of halogens is 2. The van der Waals surface area contributed by atoms with E-state index in [-0.39, 0.29) is 10.6 Å². The normalized spacial score (nSPS) is 12.6. The molecule has 1 aromatic carbocycles. The van der Waals surface area contributed by atoms with Gasteiger partial charge in [-0.25, -0.2) is 0 Å². The lowest BCUT2D eigenvalue weighted by Gasteiger charge is -2.05. The quantitative estimate of drug-likeness (QED) is 0.364. The van der Waals surface area contributed by atoms with Crippen molar-refractivity contribution in [2.24, 2.45) is 0 Å². The number of carbonyl (C=O) groups is 1. The van der Waals surface area contributed by atoms with E-state index in [1.165, 1.54) is 0 Å². The van der Waals surface area contributed by atoms with E-state index in [0.717, 1.165) is 14.0 Å². The maximum absolute atomic E-state index is 11.6. The molecule has 1 atom stereocenters. The van der Waals surface area contributed by atoms with Crippen molar-refractivity contribution in [1.82, 2.24) is 0 Å². The lowest BCUT2D eigenvalue weighted by Crippen LogP contribution is -2.11. The number of carbonyl (C=O) groups excluding carboxylic acids is 1. The van der Waals surface area contributed by atoms with Gasteiger partial charge in [-0.3, -0.25) is 4.79 Å². The highest BCUT2D eigenvalue weighted by Gasteiger charge is 2.14. The smallest absolute Gasteiger partial charge is 0.177 e. The van der Waals surface area contributed by atoms with E-state index in [4.69, 9.17) is 0 Å². The number of hydrogen-bond donors (Lipinski definition) is 1. The third-order valence-electron chi connectivity index (χ3n) is 1.58. The van der Waals surface area contributed by atoms with Crippen LogP contribution in [0.5, 0.6) is 0 Å². The molecule has 0 aromatic heterocycles. The molecule has 0 bridgehead atoms. The van der Waals surface area contributed by atoms with E-state index in [9.17, 15) is 4.79 Å². The molecule has 0 aliphatic rings. The Kier molecular flexibility index (Phi) is 4.25. The minimum absolute atomic E-state index is 0.109. The topological polar surface area (TPSA) is 17.1 Å². The SMILES string of the molecule is CC(Br)C(=O)c1ccc(S)cc1I. The van der Waals surface area contributed by atoms with Crippen LogP contribution in [0.3, 0.4) is 0 Å². The summed E-state index contributed by atoms with van der Waals surface area (Å²) in [4.78, 5) is 12.3. The first-order valence-corrected chi connectivity index (χ1v) is 6.13. The summed E-state index contributed by atoms with van der Waals surface area (Å²) < 4.78 is 0.946. The van der Waals surface area contributed by atoms with Gasteiger partial charge in [-0.1, -0.05) is 15.9 Å². The molecule has 0 fully saturated rings. The Morgan fingerprint density at radius 2 is 2.23 bits per heavy atom. The van der Waals surface area contributed by atoms with E-state index >= 15 is 0 Å². The summed E-state index contributed by atoms with van der Waals surface area (Å²) in [6.07, 6.45) is 0. The van der Waals surface area contributed by atoms with Crippen LogP contribution < -0.4 is 0 Å². The zero-order valence-electron chi connectivity index (χ0n) is 6.92. The van der Waals surface area contributed by atoms with E-state index in [2.05, 4.69) is 51.1 Å². The predicted octanol–water partition coefficient (Wildman–Crippen LogP) is 3.55. The second-order valence-corrected chi connectivity index (χ2v) is 5.70. The maximum atomic E-state index is 11.6. The maximum Gasteiger partial charge on any atom is 0.177 e. The molecule has 0 aliphatic carbocycles. The summed E-state index contributed by atoms with van der Waals surface area (Å²) in [7, 11) is 0.